The summed E-state index contributed by atoms with van der Waals surface area (Å²) < 4.78 is 29.6. The molecule has 7 heteroatoms. The van der Waals surface area contributed by atoms with Crippen LogP contribution in [0.2, 0.25) is 0 Å². The molecule has 1 amide bonds. The molecule has 0 saturated carbocycles. The SMILES string of the molecule is Cc1ccc(S(=O)(=O)OC[C@H]2CCN(C(=O)O)C(C)(C)C2)cc1. The van der Waals surface area contributed by atoms with E-state index in [1.54, 1.807) is 12.1 Å². The van der Waals surface area contributed by atoms with Crippen LogP contribution in [0, 0.1) is 12.8 Å². The lowest BCUT2D eigenvalue weighted by atomic mass is 9.83. The fraction of sp³-hybridized carbons (Fsp3) is 0.562. The Balaban J connectivity index is 1.99. The van der Waals surface area contributed by atoms with Crippen LogP contribution in [0.5, 0.6) is 0 Å². The van der Waals surface area contributed by atoms with E-state index in [0.717, 1.165) is 5.56 Å². The van der Waals surface area contributed by atoms with E-state index >= 15 is 0 Å². The summed E-state index contributed by atoms with van der Waals surface area (Å²) in [4.78, 5) is 12.7. The third-order valence-corrected chi connectivity index (χ3v) is 5.58. The predicted molar refractivity (Wildman–Crippen MR) is 85.9 cm³/mol. The van der Waals surface area contributed by atoms with E-state index in [2.05, 4.69) is 0 Å². The maximum Gasteiger partial charge on any atom is 0.407 e. The molecule has 1 aromatic rings. The maximum atomic E-state index is 12.2. The van der Waals surface area contributed by atoms with Gasteiger partial charge in [-0.3, -0.25) is 4.18 Å². The van der Waals surface area contributed by atoms with Gasteiger partial charge in [-0.15, -0.1) is 0 Å². The Hall–Kier alpha value is -1.60. The first-order chi connectivity index (χ1) is 10.6. The fourth-order valence-electron chi connectivity index (χ4n) is 2.99. The highest BCUT2D eigenvalue weighted by atomic mass is 32.2. The van der Waals surface area contributed by atoms with Gasteiger partial charge >= 0.3 is 6.09 Å². The highest BCUT2D eigenvalue weighted by molar-refractivity contribution is 7.86. The van der Waals surface area contributed by atoms with Gasteiger partial charge in [0.25, 0.3) is 10.1 Å². The van der Waals surface area contributed by atoms with Crippen LogP contribution in [0.1, 0.15) is 32.3 Å². The van der Waals surface area contributed by atoms with Crippen molar-refractivity contribution in [3.05, 3.63) is 29.8 Å². The predicted octanol–water partition coefficient (Wildman–Crippen LogP) is 2.87. The first-order valence-corrected chi connectivity index (χ1v) is 8.99. The number of aryl methyl sites for hydroxylation is 1. The Morgan fingerprint density at radius 3 is 2.48 bits per heavy atom. The van der Waals surface area contributed by atoms with Gasteiger partial charge in [0.15, 0.2) is 0 Å². The largest absolute Gasteiger partial charge is 0.465 e. The summed E-state index contributed by atoms with van der Waals surface area (Å²) in [5.74, 6) is 0.0147. The van der Waals surface area contributed by atoms with Crippen LogP contribution < -0.4 is 0 Å². The Morgan fingerprint density at radius 1 is 1.35 bits per heavy atom. The van der Waals surface area contributed by atoms with Crippen molar-refractivity contribution in [2.24, 2.45) is 5.92 Å². The Morgan fingerprint density at radius 2 is 1.96 bits per heavy atom. The number of likely N-dealkylation sites (tertiary alicyclic amines) is 1. The molecule has 0 aromatic heterocycles. The highest BCUT2D eigenvalue weighted by Gasteiger charge is 2.38. The molecule has 1 heterocycles. The van der Waals surface area contributed by atoms with Crippen LogP contribution in [0.3, 0.4) is 0 Å². The van der Waals surface area contributed by atoms with E-state index in [1.807, 2.05) is 20.8 Å². The van der Waals surface area contributed by atoms with Crippen molar-refractivity contribution in [2.75, 3.05) is 13.2 Å². The Kier molecular flexibility index (Phi) is 5.01. The zero-order chi connectivity index (χ0) is 17.3. The minimum atomic E-state index is -3.77. The zero-order valence-corrected chi connectivity index (χ0v) is 14.5. The van der Waals surface area contributed by atoms with Gasteiger partial charge in [-0.1, -0.05) is 17.7 Å². The van der Waals surface area contributed by atoms with Crippen molar-refractivity contribution >= 4 is 16.2 Å². The third kappa shape index (κ3) is 4.23. The van der Waals surface area contributed by atoms with Crippen LogP contribution >= 0.6 is 0 Å². The number of carbonyl (C=O) groups is 1. The van der Waals surface area contributed by atoms with Crippen molar-refractivity contribution in [1.29, 1.82) is 0 Å². The van der Waals surface area contributed by atoms with Crippen molar-refractivity contribution in [3.8, 4) is 0 Å². The summed E-state index contributed by atoms with van der Waals surface area (Å²) in [6, 6.07) is 6.51. The number of rotatable bonds is 4. The molecule has 6 nitrogen and oxygen atoms in total. The first-order valence-electron chi connectivity index (χ1n) is 7.58. The molecule has 0 aliphatic carbocycles. The van der Waals surface area contributed by atoms with E-state index in [-0.39, 0.29) is 17.4 Å². The lowest BCUT2D eigenvalue weighted by molar-refractivity contribution is 0.0360. The third-order valence-electron chi connectivity index (χ3n) is 4.28. The van der Waals surface area contributed by atoms with E-state index < -0.39 is 21.8 Å². The fourth-order valence-corrected chi connectivity index (χ4v) is 3.97. The molecule has 0 bridgehead atoms. The van der Waals surface area contributed by atoms with Crippen LogP contribution in [-0.2, 0) is 14.3 Å². The van der Waals surface area contributed by atoms with Gasteiger partial charge in [-0.2, -0.15) is 8.42 Å². The Bertz CT molecular complexity index is 666. The van der Waals surface area contributed by atoms with E-state index in [9.17, 15) is 18.3 Å². The highest BCUT2D eigenvalue weighted by Crippen LogP contribution is 2.32. The first kappa shape index (κ1) is 17.7. The number of piperidine rings is 1. The summed E-state index contributed by atoms with van der Waals surface area (Å²) in [7, 11) is -3.77. The smallest absolute Gasteiger partial charge is 0.407 e. The minimum Gasteiger partial charge on any atom is -0.465 e. The number of hydrogen-bond acceptors (Lipinski definition) is 4. The average molecular weight is 341 g/mol. The minimum absolute atomic E-state index is 0.0147. The summed E-state index contributed by atoms with van der Waals surface area (Å²) in [6.45, 7) is 6.05. The molecule has 1 fully saturated rings. The van der Waals surface area contributed by atoms with Crippen molar-refractivity contribution in [3.63, 3.8) is 0 Å². The van der Waals surface area contributed by atoms with E-state index in [4.69, 9.17) is 4.18 Å². The molecule has 1 N–H and O–H groups in total. The summed E-state index contributed by atoms with van der Waals surface area (Å²) >= 11 is 0. The summed E-state index contributed by atoms with van der Waals surface area (Å²) in [6.07, 6.45) is 0.226. The zero-order valence-electron chi connectivity index (χ0n) is 13.7. The van der Waals surface area contributed by atoms with Gasteiger partial charge in [-0.25, -0.2) is 4.79 Å². The van der Waals surface area contributed by atoms with Crippen molar-refractivity contribution in [2.45, 2.75) is 44.0 Å². The average Bonchev–Trinajstić information content (AvgIpc) is 2.44. The molecule has 1 atom stereocenters. The molecule has 0 radical (unpaired) electrons. The molecular formula is C16H23NO5S. The second-order valence-electron chi connectivity index (χ2n) is 6.66. The number of carboxylic acid groups (broad SMARTS) is 1. The van der Waals surface area contributed by atoms with Crippen molar-refractivity contribution < 1.29 is 22.5 Å². The van der Waals surface area contributed by atoms with Gasteiger partial charge in [0.05, 0.1) is 11.5 Å². The molecule has 23 heavy (non-hydrogen) atoms. The van der Waals surface area contributed by atoms with E-state index in [0.29, 0.717) is 19.4 Å². The normalized spacial score (nSPS) is 21.2. The summed E-state index contributed by atoms with van der Waals surface area (Å²) in [5.41, 5.74) is 0.456. The van der Waals surface area contributed by atoms with Gasteiger partial charge in [0.1, 0.15) is 0 Å². The molecule has 128 valence electrons. The van der Waals surface area contributed by atoms with Crippen molar-refractivity contribution in [1.82, 2.24) is 4.90 Å². The quantitative estimate of drug-likeness (QED) is 0.851. The molecule has 1 aliphatic rings. The van der Waals surface area contributed by atoms with Gasteiger partial charge in [-0.05, 0) is 51.7 Å². The molecule has 1 aliphatic heterocycles. The Labute approximate surface area is 137 Å². The molecule has 2 rings (SSSR count). The molecule has 0 spiro atoms. The lowest BCUT2D eigenvalue weighted by Gasteiger charge is -2.43. The number of hydrogen-bond donors (Lipinski definition) is 1. The van der Waals surface area contributed by atoms with Gasteiger partial charge in [0, 0.05) is 12.1 Å². The molecular weight excluding hydrogens is 318 g/mol. The van der Waals surface area contributed by atoms with Crippen LogP contribution in [0.4, 0.5) is 4.79 Å². The number of benzene rings is 1. The molecule has 1 saturated heterocycles. The number of nitrogens with zero attached hydrogens (tertiary/aromatic N) is 1. The van der Waals surface area contributed by atoms with Gasteiger partial charge < -0.3 is 10.0 Å². The summed E-state index contributed by atoms with van der Waals surface area (Å²) in [5, 5.41) is 9.19. The lowest BCUT2D eigenvalue weighted by Crippen LogP contribution is -2.53. The monoisotopic (exact) mass is 341 g/mol. The molecule has 1 aromatic carbocycles. The van der Waals surface area contributed by atoms with E-state index in [1.165, 1.54) is 17.0 Å². The maximum absolute atomic E-state index is 12.2. The molecule has 0 unspecified atom stereocenters. The number of amides is 1. The second-order valence-corrected chi connectivity index (χ2v) is 8.27. The standard InChI is InChI=1S/C16H23NO5S/c1-12-4-6-14(7-5-12)23(20,21)22-11-13-8-9-17(15(18)19)16(2,3)10-13/h4-7,13H,8-11H2,1-3H3,(H,18,19)/t13-/m0/s1. The van der Waals surface area contributed by atoms with Crippen LogP contribution in [0.25, 0.3) is 0 Å². The second kappa shape index (κ2) is 6.49. The topological polar surface area (TPSA) is 83.9 Å². The van der Waals surface area contributed by atoms with Gasteiger partial charge in [0.2, 0.25) is 0 Å². The van der Waals surface area contributed by atoms with Crippen LogP contribution in [0.15, 0.2) is 29.2 Å². The van der Waals surface area contributed by atoms with Crippen LogP contribution in [-0.4, -0.2) is 43.2 Å².